The fourth-order valence-electron chi connectivity index (χ4n) is 2.34. The number of nitrogens with zero attached hydrogens (tertiary/aromatic N) is 7. The van der Waals surface area contributed by atoms with Gasteiger partial charge in [0.2, 0.25) is 11.8 Å². The molecule has 0 unspecified atom stereocenters. The first-order valence-corrected chi connectivity index (χ1v) is 7.44. The lowest BCUT2D eigenvalue weighted by Crippen LogP contribution is -2.21. The van der Waals surface area contributed by atoms with Crippen LogP contribution in [0.3, 0.4) is 0 Å². The first-order valence-electron chi connectivity index (χ1n) is 7.44. The topological polar surface area (TPSA) is 105 Å². The van der Waals surface area contributed by atoms with Gasteiger partial charge in [0.25, 0.3) is 5.56 Å². The smallest absolute Gasteiger partial charge is 0.284 e. The van der Waals surface area contributed by atoms with Crippen LogP contribution in [0.15, 0.2) is 45.9 Å². The zero-order chi connectivity index (χ0) is 16.5. The van der Waals surface area contributed by atoms with Crippen LogP contribution in [0.5, 0.6) is 0 Å². The van der Waals surface area contributed by atoms with E-state index in [2.05, 4.69) is 25.5 Å². The number of rotatable bonds is 4. The van der Waals surface area contributed by atoms with Crippen LogP contribution < -0.4 is 5.56 Å². The second kappa shape index (κ2) is 5.69. The average molecular weight is 323 g/mol. The van der Waals surface area contributed by atoms with Crippen LogP contribution in [-0.4, -0.2) is 34.7 Å². The molecule has 0 amide bonds. The number of hydrogen-bond acceptors (Lipinski definition) is 7. The van der Waals surface area contributed by atoms with E-state index in [1.165, 1.54) is 15.6 Å². The van der Waals surface area contributed by atoms with E-state index in [4.69, 9.17) is 4.42 Å². The van der Waals surface area contributed by atoms with Crippen molar-refractivity contribution < 1.29 is 4.42 Å². The summed E-state index contributed by atoms with van der Waals surface area (Å²) in [6.45, 7) is 2.06. The maximum absolute atomic E-state index is 12.6. The van der Waals surface area contributed by atoms with Crippen molar-refractivity contribution in [1.82, 2.24) is 34.7 Å². The summed E-state index contributed by atoms with van der Waals surface area (Å²) in [6.07, 6.45) is 2.08. The molecule has 4 rings (SSSR count). The zero-order valence-corrected chi connectivity index (χ0v) is 12.8. The maximum atomic E-state index is 12.6. The van der Waals surface area contributed by atoms with Crippen molar-refractivity contribution in [3.63, 3.8) is 0 Å². The molecule has 120 valence electrons. The van der Waals surface area contributed by atoms with Crippen LogP contribution in [-0.2, 0) is 13.0 Å². The van der Waals surface area contributed by atoms with Crippen molar-refractivity contribution >= 4 is 11.2 Å². The van der Waals surface area contributed by atoms with Crippen molar-refractivity contribution in [3.05, 3.63) is 58.8 Å². The lowest BCUT2D eigenvalue weighted by atomic mass is 10.3. The minimum atomic E-state index is -0.307. The predicted molar refractivity (Wildman–Crippen MR) is 83.7 cm³/mol. The second-order valence-corrected chi connectivity index (χ2v) is 5.13. The summed E-state index contributed by atoms with van der Waals surface area (Å²) < 4.78 is 8.33. The summed E-state index contributed by atoms with van der Waals surface area (Å²) in [5.74, 6) is 0.882. The average Bonchev–Trinajstić information content (AvgIpc) is 3.25. The van der Waals surface area contributed by atoms with E-state index in [1.807, 2.05) is 37.3 Å². The number of aryl methyl sites for hydroxylation is 1. The molecule has 9 nitrogen and oxygen atoms in total. The number of para-hydroxylation sites is 1. The first-order chi connectivity index (χ1) is 11.8. The lowest BCUT2D eigenvalue weighted by molar-refractivity contribution is 0.439. The molecular formula is C15H13N7O2. The highest BCUT2D eigenvalue weighted by Gasteiger charge is 2.14. The molecule has 3 heterocycles. The number of hydrogen-bond donors (Lipinski definition) is 0. The maximum Gasteiger partial charge on any atom is 0.284 e. The molecule has 0 atom stereocenters. The third-order valence-corrected chi connectivity index (χ3v) is 3.55. The van der Waals surface area contributed by atoms with Gasteiger partial charge in [-0.25, -0.2) is 4.98 Å². The van der Waals surface area contributed by atoms with Crippen molar-refractivity contribution in [1.29, 1.82) is 0 Å². The first kappa shape index (κ1) is 14.2. The van der Waals surface area contributed by atoms with E-state index in [1.54, 1.807) is 0 Å². The van der Waals surface area contributed by atoms with Gasteiger partial charge in [0.05, 0.1) is 5.69 Å². The van der Waals surface area contributed by atoms with Gasteiger partial charge in [-0.1, -0.05) is 30.3 Å². The van der Waals surface area contributed by atoms with Gasteiger partial charge in [0.1, 0.15) is 12.9 Å². The van der Waals surface area contributed by atoms with Gasteiger partial charge >= 0.3 is 0 Å². The molecule has 0 fully saturated rings. The Bertz CT molecular complexity index is 1050. The van der Waals surface area contributed by atoms with Crippen LogP contribution in [0.2, 0.25) is 0 Å². The number of aromatic nitrogens is 7. The summed E-state index contributed by atoms with van der Waals surface area (Å²) in [4.78, 5) is 16.9. The SMILES string of the molecule is CCc1nnc(Cn2cnc3c(nnn3-c3ccccc3)c2=O)o1. The molecule has 0 aliphatic rings. The van der Waals surface area contributed by atoms with Gasteiger partial charge in [-0.3, -0.25) is 9.36 Å². The van der Waals surface area contributed by atoms with Gasteiger partial charge in [-0.2, -0.15) is 4.68 Å². The minimum Gasteiger partial charge on any atom is -0.423 e. The monoisotopic (exact) mass is 323 g/mol. The molecule has 3 aromatic heterocycles. The highest BCUT2D eigenvalue weighted by Crippen LogP contribution is 2.11. The van der Waals surface area contributed by atoms with E-state index < -0.39 is 0 Å². The Morgan fingerprint density at radius 2 is 1.88 bits per heavy atom. The van der Waals surface area contributed by atoms with E-state index in [9.17, 15) is 4.79 Å². The summed E-state index contributed by atoms with van der Waals surface area (Å²) in [5.41, 5.74) is 1.08. The third kappa shape index (κ3) is 2.35. The molecule has 9 heteroatoms. The molecule has 0 radical (unpaired) electrons. The lowest BCUT2D eigenvalue weighted by Gasteiger charge is -2.02. The van der Waals surface area contributed by atoms with Gasteiger partial charge in [-0.05, 0) is 12.1 Å². The second-order valence-electron chi connectivity index (χ2n) is 5.13. The zero-order valence-electron chi connectivity index (χ0n) is 12.8. The van der Waals surface area contributed by atoms with Crippen LogP contribution in [0.4, 0.5) is 0 Å². The van der Waals surface area contributed by atoms with Crippen molar-refractivity contribution in [3.8, 4) is 5.69 Å². The van der Waals surface area contributed by atoms with Gasteiger partial charge in [0.15, 0.2) is 11.2 Å². The van der Waals surface area contributed by atoms with E-state index in [-0.39, 0.29) is 17.6 Å². The van der Waals surface area contributed by atoms with Crippen molar-refractivity contribution in [2.24, 2.45) is 0 Å². The van der Waals surface area contributed by atoms with Gasteiger partial charge in [-0.15, -0.1) is 15.3 Å². The molecule has 0 saturated heterocycles. The summed E-state index contributed by atoms with van der Waals surface area (Å²) >= 11 is 0. The molecule has 4 aromatic rings. The largest absolute Gasteiger partial charge is 0.423 e. The molecule has 1 aromatic carbocycles. The molecule has 0 aliphatic heterocycles. The number of benzene rings is 1. The van der Waals surface area contributed by atoms with Gasteiger partial charge < -0.3 is 4.42 Å². The van der Waals surface area contributed by atoms with Crippen LogP contribution in [0.25, 0.3) is 16.9 Å². The molecule has 0 saturated carbocycles. The molecule has 24 heavy (non-hydrogen) atoms. The summed E-state index contributed by atoms with van der Waals surface area (Å²) in [7, 11) is 0. The number of fused-ring (bicyclic) bond motifs is 1. The van der Waals surface area contributed by atoms with Crippen molar-refractivity contribution in [2.45, 2.75) is 19.9 Å². The normalized spacial score (nSPS) is 11.2. The highest BCUT2D eigenvalue weighted by atomic mass is 16.4. The Hall–Kier alpha value is -3.36. The highest BCUT2D eigenvalue weighted by molar-refractivity contribution is 5.70. The molecule has 0 N–H and O–H groups in total. The fraction of sp³-hybridized carbons (Fsp3) is 0.200. The molecular weight excluding hydrogens is 310 g/mol. The molecule has 0 spiro atoms. The van der Waals surface area contributed by atoms with Crippen LogP contribution in [0.1, 0.15) is 18.7 Å². The summed E-state index contributed by atoms with van der Waals surface area (Å²) in [6, 6.07) is 9.39. The van der Waals surface area contributed by atoms with Crippen LogP contribution >= 0.6 is 0 Å². The minimum absolute atomic E-state index is 0.146. The Morgan fingerprint density at radius 1 is 1.08 bits per heavy atom. The standard InChI is InChI=1S/C15H13N7O2/c1-2-11-17-18-12(24-11)8-21-9-16-14-13(15(21)23)19-20-22(14)10-6-4-3-5-7-10/h3-7,9H,2,8H2,1H3. The van der Waals surface area contributed by atoms with Crippen LogP contribution in [0, 0.1) is 0 Å². The van der Waals surface area contributed by atoms with Gasteiger partial charge in [0, 0.05) is 6.42 Å². The third-order valence-electron chi connectivity index (χ3n) is 3.55. The quantitative estimate of drug-likeness (QED) is 0.551. The Kier molecular flexibility index (Phi) is 3.38. The van der Waals surface area contributed by atoms with E-state index in [0.717, 1.165) is 5.69 Å². The predicted octanol–water partition coefficient (Wildman–Crippen LogP) is 0.971. The van der Waals surface area contributed by atoms with Crippen molar-refractivity contribution in [2.75, 3.05) is 0 Å². The molecule has 0 bridgehead atoms. The van der Waals surface area contributed by atoms with E-state index >= 15 is 0 Å². The fourth-order valence-corrected chi connectivity index (χ4v) is 2.34. The summed E-state index contributed by atoms with van der Waals surface area (Å²) in [5, 5.41) is 15.8. The van der Waals surface area contributed by atoms with E-state index in [0.29, 0.717) is 23.8 Å². The Labute approximate surface area is 135 Å². The Balaban J connectivity index is 1.75. The Morgan fingerprint density at radius 3 is 2.62 bits per heavy atom. The molecule has 0 aliphatic carbocycles.